The average molecular weight is 275 g/mol. The van der Waals surface area contributed by atoms with Gasteiger partial charge in [0.05, 0.1) is 13.2 Å². The summed E-state index contributed by atoms with van der Waals surface area (Å²) in [5.74, 6) is 0.188. The molecule has 3 rings (SSSR count). The molecule has 1 N–H and O–H groups in total. The average Bonchev–Trinajstić information content (AvgIpc) is 3.03. The molecule has 1 amide bonds. The molecule has 0 unspecified atom stereocenters. The van der Waals surface area contributed by atoms with Gasteiger partial charge in [0.1, 0.15) is 19.6 Å². The zero-order chi connectivity index (χ0) is 13.8. The van der Waals surface area contributed by atoms with Crippen LogP contribution < -0.4 is 4.90 Å². The minimum absolute atomic E-state index is 0.188. The van der Waals surface area contributed by atoms with Crippen LogP contribution in [-0.2, 0) is 11.3 Å². The van der Waals surface area contributed by atoms with Gasteiger partial charge in [0.2, 0.25) is 0 Å². The van der Waals surface area contributed by atoms with E-state index in [0.717, 1.165) is 64.3 Å². The number of benzene rings is 1. The Morgan fingerprint density at radius 1 is 1.10 bits per heavy atom. The fourth-order valence-corrected chi connectivity index (χ4v) is 2.99. The second kappa shape index (κ2) is 6.37. The van der Waals surface area contributed by atoms with Crippen molar-refractivity contribution in [3.63, 3.8) is 0 Å². The van der Waals surface area contributed by atoms with Crippen LogP contribution in [0.1, 0.15) is 28.8 Å². The van der Waals surface area contributed by atoms with Crippen molar-refractivity contribution < 1.29 is 14.4 Å². The maximum absolute atomic E-state index is 12.3. The van der Waals surface area contributed by atoms with Crippen molar-refractivity contribution in [1.29, 1.82) is 0 Å². The molecule has 4 nitrogen and oxygen atoms in total. The minimum atomic E-state index is 0.188. The van der Waals surface area contributed by atoms with Gasteiger partial charge in [0.25, 0.3) is 5.91 Å². The van der Waals surface area contributed by atoms with Crippen LogP contribution in [0.2, 0.25) is 0 Å². The van der Waals surface area contributed by atoms with Gasteiger partial charge in [-0.1, -0.05) is 12.1 Å². The number of ether oxygens (including phenoxy) is 1. The van der Waals surface area contributed by atoms with Gasteiger partial charge in [0.15, 0.2) is 0 Å². The zero-order valence-corrected chi connectivity index (χ0v) is 11.9. The summed E-state index contributed by atoms with van der Waals surface area (Å²) in [6.07, 6.45) is 2.29. The van der Waals surface area contributed by atoms with Crippen LogP contribution in [0.5, 0.6) is 0 Å². The van der Waals surface area contributed by atoms with Crippen LogP contribution in [0.3, 0.4) is 0 Å². The number of nitrogens with one attached hydrogen (secondary N) is 1. The molecular weight excluding hydrogens is 252 g/mol. The van der Waals surface area contributed by atoms with Crippen molar-refractivity contribution in [1.82, 2.24) is 4.90 Å². The first-order valence-electron chi connectivity index (χ1n) is 7.62. The molecule has 1 aromatic carbocycles. The summed E-state index contributed by atoms with van der Waals surface area (Å²) in [5, 5.41) is 0. The second-order valence-electron chi connectivity index (χ2n) is 5.74. The maximum atomic E-state index is 12.3. The van der Waals surface area contributed by atoms with Crippen LogP contribution >= 0.6 is 0 Å². The monoisotopic (exact) mass is 275 g/mol. The fourth-order valence-electron chi connectivity index (χ4n) is 2.99. The van der Waals surface area contributed by atoms with Crippen molar-refractivity contribution in [3.05, 3.63) is 35.4 Å². The molecule has 2 saturated heterocycles. The summed E-state index contributed by atoms with van der Waals surface area (Å²) >= 11 is 0. The molecule has 1 aromatic rings. The van der Waals surface area contributed by atoms with E-state index >= 15 is 0 Å². The molecule has 0 atom stereocenters. The van der Waals surface area contributed by atoms with Crippen LogP contribution in [0.15, 0.2) is 24.3 Å². The minimum Gasteiger partial charge on any atom is -0.370 e. The predicted octanol–water partition coefficient (Wildman–Crippen LogP) is 0.338. The predicted molar refractivity (Wildman–Crippen MR) is 76.8 cm³/mol. The quantitative estimate of drug-likeness (QED) is 0.863. The standard InChI is InChI=1S/C16H22N2O2/c19-16(18-7-1-2-8-18)15-5-3-14(4-6-15)13-17-9-11-20-12-10-17/h3-6H,1-2,7-13H2/p+1. The van der Waals surface area contributed by atoms with Crippen molar-refractivity contribution in [3.8, 4) is 0 Å². The van der Waals surface area contributed by atoms with E-state index in [1.165, 1.54) is 5.56 Å². The first-order chi connectivity index (χ1) is 9.83. The summed E-state index contributed by atoms with van der Waals surface area (Å²) in [5.41, 5.74) is 2.13. The van der Waals surface area contributed by atoms with E-state index in [9.17, 15) is 4.79 Å². The van der Waals surface area contributed by atoms with Gasteiger partial charge in [0, 0.05) is 24.2 Å². The molecule has 0 radical (unpaired) electrons. The summed E-state index contributed by atoms with van der Waals surface area (Å²) in [6, 6.07) is 8.17. The highest BCUT2D eigenvalue weighted by Gasteiger charge is 2.19. The number of amides is 1. The molecule has 2 heterocycles. The SMILES string of the molecule is O=C(c1ccc(C[NH+]2CCOCC2)cc1)N1CCCC1. The number of nitrogens with zero attached hydrogens (tertiary/aromatic N) is 1. The largest absolute Gasteiger partial charge is 0.370 e. The zero-order valence-electron chi connectivity index (χ0n) is 11.9. The van der Waals surface area contributed by atoms with E-state index in [2.05, 4.69) is 12.1 Å². The van der Waals surface area contributed by atoms with Gasteiger partial charge in [-0.25, -0.2) is 0 Å². The molecule has 2 aliphatic rings. The van der Waals surface area contributed by atoms with Crippen molar-refractivity contribution in [2.45, 2.75) is 19.4 Å². The van der Waals surface area contributed by atoms with Gasteiger partial charge in [-0.05, 0) is 25.0 Å². The highest BCUT2D eigenvalue weighted by Crippen LogP contribution is 2.13. The highest BCUT2D eigenvalue weighted by molar-refractivity contribution is 5.94. The number of carbonyl (C=O) groups excluding carboxylic acids is 1. The Hall–Kier alpha value is -1.39. The van der Waals surface area contributed by atoms with E-state index in [4.69, 9.17) is 4.74 Å². The third-order valence-corrected chi connectivity index (χ3v) is 4.25. The van der Waals surface area contributed by atoms with Crippen LogP contribution in [-0.4, -0.2) is 50.2 Å². The summed E-state index contributed by atoms with van der Waals surface area (Å²) in [6.45, 7) is 6.74. The Morgan fingerprint density at radius 3 is 2.40 bits per heavy atom. The number of likely N-dealkylation sites (tertiary alicyclic amines) is 1. The van der Waals surface area contributed by atoms with Gasteiger partial charge in [-0.15, -0.1) is 0 Å². The molecule has 108 valence electrons. The Morgan fingerprint density at radius 2 is 1.75 bits per heavy atom. The lowest BCUT2D eigenvalue weighted by atomic mass is 10.1. The number of morpholine rings is 1. The first-order valence-corrected chi connectivity index (χ1v) is 7.62. The van der Waals surface area contributed by atoms with Crippen LogP contribution in [0.25, 0.3) is 0 Å². The molecule has 2 aliphatic heterocycles. The lowest BCUT2D eigenvalue weighted by Crippen LogP contribution is -3.12. The topological polar surface area (TPSA) is 34.0 Å². The number of quaternary nitrogens is 1. The normalized spacial score (nSPS) is 20.3. The van der Waals surface area contributed by atoms with E-state index in [1.54, 1.807) is 4.90 Å². The van der Waals surface area contributed by atoms with Gasteiger partial charge in [-0.2, -0.15) is 0 Å². The number of carbonyl (C=O) groups is 1. The molecular formula is C16H23N2O2+. The van der Waals surface area contributed by atoms with Gasteiger partial charge in [-0.3, -0.25) is 4.79 Å². The summed E-state index contributed by atoms with van der Waals surface area (Å²) < 4.78 is 5.37. The highest BCUT2D eigenvalue weighted by atomic mass is 16.5. The van der Waals surface area contributed by atoms with Crippen LogP contribution in [0, 0.1) is 0 Å². The molecule has 0 spiro atoms. The molecule has 0 bridgehead atoms. The molecule has 2 fully saturated rings. The van der Waals surface area contributed by atoms with E-state index in [1.807, 2.05) is 17.0 Å². The first kappa shape index (κ1) is 13.6. The third-order valence-electron chi connectivity index (χ3n) is 4.25. The summed E-state index contributed by atoms with van der Waals surface area (Å²) in [4.78, 5) is 15.8. The Labute approximate surface area is 120 Å². The molecule has 0 aromatic heterocycles. The summed E-state index contributed by atoms with van der Waals surface area (Å²) in [7, 11) is 0. The molecule has 0 saturated carbocycles. The number of rotatable bonds is 3. The van der Waals surface area contributed by atoms with Crippen LogP contribution in [0.4, 0.5) is 0 Å². The lowest BCUT2D eigenvalue weighted by Gasteiger charge is -2.23. The Balaban J connectivity index is 1.60. The molecule has 4 heteroatoms. The molecule has 20 heavy (non-hydrogen) atoms. The maximum Gasteiger partial charge on any atom is 0.253 e. The smallest absolute Gasteiger partial charge is 0.253 e. The molecule has 0 aliphatic carbocycles. The Bertz CT molecular complexity index is 446. The van der Waals surface area contributed by atoms with Crippen molar-refractivity contribution >= 4 is 5.91 Å². The van der Waals surface area contributed by atoms with Crippen molar-refractivity contribution in [2.24, 2.45) is 0 Å². The fraction of sp³-hybridized carbons (Fsp3) is 0.562. The van der Waals surface area contributed by atoms with E-state index in [-0.39, 0.29) is 5.91 Å². The third kappa shape index (κ3) is 3.19. The lowest BCUT2D eigenvalue weighted by molar-refractivity contribution is -0.921. The second-order valence-corrected chi connectivity index (χ2v) is 5.74. The van der Waals surface area contributed by atoms with E-state index < -0.39 is 0 Å². The number of hydrogen-bond donors (Lipinski definition) is 1. The Kier molecular flexibility index (Phi) is 4.33. The number of hydrogen-bond acceptors (Lipinski definition) is 2. The van der Waals surface area contributed by atoms with E-state index in [0.29, 0.717) is 0 Å². The van der Waals surface area contributed by atoms with Gasteiger partial charge >= 0.3 is 0 Å². The van der Waals surface area contributed by atoms with Crippen molar-refractivity contribution in [2.75, 3.05) is 39.4 Å². The van der Waals surface area contributed by atoms with Gasteiger partial charge < -0.3 is 14.5 Å².